The van der Waals surface area contributed by atoms with Crippen LogP contribution in [0.3, 0.4) is 0 Å². The molecule has 6 nitrogen and oxygen atoms in total. The summed E-state index contributed by atoms with van der Waals surface area (Å²) in [6, 6.07) is 17.4. The fourth-order valence-corrected chi connectivity index (χ4v) is 3.40. The van der Waals surface area contributed by atoms with Crippen LogP contribution < -0.4 is 16.0 Å². The highest BCUT2D eigenvalue weighted by molar-refractivity contribution is 7.12. The Kier molecular flexibility index (Phi) is 5.39. The van der Waals surface area contributed by atoms with Crippen LogP contribution in [0.5, 0.6) is 0 Å². The molecule has 0 bridgehead atoms. The molecular formula is C22H19N3O3S. The number of hydrogen-bond donors (Lipinski definition) is 3. The van der Waals surface area contributed by atoms with Gasteiger partial charge in [0.15, 0.2) is 0 Å². The Labute approximate surface area is 172 Å². The molecule has 0 spiro atoms. The van der Waals surface area contributed by atoms with Gasteiger partial charge in [-0.15, -0.1) is 11.3 Å². The van der Waals surface area contributed by atoms with Gasteiger partial charge in [0, 0.05) is 28.5 Å². The van der Waals surface area contributed by atoms with E-state index in [4.69, 9.17) is 0 Å². The lowest BCUT2D eigenvalue weighted by atomic mass is 10.1. The van der Waals surface area contributed by atoms with Gasteiger partial charge in [-0.1, -0.05) is 18.2 Å². The Morgan fingerprint density at radius 1 is 0.759 bits per heavy atom. The highest BCUT2D eigenvalue weighted by Crippen LogP contribution is 2.20. The summed E-state index contributed by atoms with van der Waals surface area (Å²) in [5.74, 6) is -0.675. The van der Waals surface area contributed by atoms with E-state index in [1.165, 1.54) is 11.3 Å². The van der Waals surface area contributed by atoms with Crippen LogP contribution in [0.4, 0.5) is 11.4 Å². The van der Waals surface area contributed by atoms with Gasteiger partial charge in [-0.25, -0.2) is 0 Å². The lowest BCUT2D eigenvalue weighted by Crippen LogP contribution is -2.25. The van der Waals surface area contributed by atoms with Crippen molar-refractivity contribution < 1.29 is 14.4 Å². The van der Waals surface area contributed by atoms with Gasteiger partial charge in [0.1, 0.15) is 0 Å². The summed E-state index contributed by atoms with van der Waals surface area (Å²) in [4.78, 5) is 37.6. The minimum absolute atomic E-state index is 0.137. The van der Waals surface area contributed by atoms with Crippen LogP contribution in [0.15, 0.2) is 66.0 Å². The molecule has 1 aliphatic carbocycles. The van der Waals surface area contributed by atoms with Crippen molar-refractivity contribution >= 4 is 40.4 Å². The lowest BCUT2D eigenvalue weighted by molar-refractivity contribution is 0.0949. The summed E-state index contributed by atoms with van der Waals surface area (Å²) < 4.78 is 0. The number of anilines is 2. The van der Waals surface area contributed by atoms with Crippen LogP contribution in [-0.4, -0.2) is 23.8 Å². The topological polar surface area (TPSA) is 87.3 Å². The van der Waals surface area contributed by atoms with E-state index in [2.05, 4.69) is 16.0 Å². The maximum Gasteiger partial charge on any atom is 0.265 e. The first-order chi connectivity index (χ1) is 14.1. The Bertz CT molecular complexity index is 1060. The molecule has 29 heavy (non-hydrogen) atoms. The first-order valence-electron chi connectivity index (χ1n) is 9.26. The number of carbonyl (C=O) groups excluding carboxylic acids is 3. The van der Waals surface area contributed by atoms with E-state index in [0.717, 1.165) is 12.8 Å². The quantitative estimate of drug-likeness (QED) is 0.576. The Hall–Kier alpha value is -3.45. The highest BCUT2D eigenvalue weighted by atomic mass is 32.1. The van der Waals surface area contributed by atoms with Gasteiger partial charge in [-0.2, -0.15) is 0 Å². The number of nitrogens with one attached hydrogen (secondary N) is 3. The molecule has 4 rings (SSSR count). The number of hydrogen-bond acceptors (Lipinski definition) is 4. The largest absolute Gasteiger partial charge is 0.349 e. The van der Waals surface area contributed by atoms with E-state index < -0.39 is 0 Å². The minimum atomic E-state index is -0.322. The molecule has 0 atom stereocenters. The second-order valence-corrected chi connectivity index (χ2v) is 7.74. The van der Waals surface area contributed by atoms with Crippen molar-refractivity contribution in [2.75, 3.05) is 10.6 Å². The minimum Gasteiger partial charge on any atom is -0.349 e. The summed E-state index contributed by atoms with van der Waals surface area (Å²) in [6.45, 7) is 0. The van der Waals surface area contributed by atoms with Crippen LogP contribution >= 0.6 is 11.3 Å². The predicted molar refractivity (Wildman–Crippen MR) is 114 cm³/mol. The third-order valence-corrected chi connectivity index (χ3v) is 5.29. The van der Waals surface area contributed by atoms with Crippen molar-refractivity contribution in [3.8, 4) is 0 Å². The summed E-state index contributed by atoms with van der Waals surface area (Å²) >= 11 is 1.35. The van der Waals surface area contributed by atoms with E-state index in [1.54, 1.807) is 54.6 Å². The zero-order valence-electron chi connectivity index (χ0n) is 15.5. The molecule has 1 fully saturated rings. The fraction of sp³-hybridized carbons (Fsp3) is 0.136. The average Bonchev–Trinajstić information content (AvgIpc) is 3.36. The molecule has 1 aliphatic rings. The number of carbonyl (C=O) groups is 3. The van der Waals surface area contributed by atoms with Crippen molar-refractivity contribution in [3.63, 3.8) is 0 Å². The monoisotopic (exact) mass is 405 g/mol. The second kappa shape index (κ2) is 8.28. The van der Waals surface area contributed by atoms with Crippen LogP contribution in [0, 0.1) is 0 Å². The van der Waals surface area contributed by atoms with Gasteiger partial charge < -0.3 is 16.0 Å². The molecule has 0 radical (unpaired) electrons. The maximum atomic E-state index is 12.6. The Balaban J connectivity index is 1.43. The number of rotatable bonds is 6. The first-order valence-corrected chi connectivity index (χ1v) is 10.1. The number of amides is 3. The zero-order chi connectivity index (χ0) is 20.2. The van der Waals surface area contributed by atoms with E-state index >= 15 is 0 Å². The molecule has 3 aromatic rings. The van der Waals surface area contributed by atoms with Crippen LogP contribution in [-0.2, 0) is 0 Å². The van der Waals surface area contributed by atoms with E-state index in [9.17, 15) is 14.4 Å². The molecule has 3 N–H and O–H groups in total. The smallest absolute Gasteiger partial charge is 0.265 e. The third kappa shape index (κ3) is 4.89. The fourth-order valence-electron chi connectivity index (χ4n) is 2.78. The van der Waals surface area contributed by atoms with Gasteiger partial charge in [-0.05, 0) is 60.7 Å². The molecule has 0 aliphatic heterocycles. The number of thiophene rings is 1. The summed E-state index contributed by atoms with van der Waals surface area (Å²) in [6.07, 6.45) is 2.03. The Morgan fingerprint density at radius 3 is 1.97 bits per heavy atom. The van der Waals surface area contributed by atoms with Gasteiger partial charge in [-0.3, -0.25) is 14.4 Å². The second-order valence-electron chi connectivity index (χ2n) is 6.79. The zero-order valence-corrected chi connectivity index (χ0v) is 16.3. The molecule has 2 aromatic carbocycles. The van der Waals surface area contributed by atoms with Crippen molar-refractivity contribution in [2.24, 2.45) is 0 Å². The maximum absolute atomic E-state index is 12.6. The molecule has 1 aromatic heterocycles. The SMILES string of the molecule is O=C(Nc1cccc(C(=O)NC2CC2)c1)c1cccc(NC(=O)c2cccs2)c1. The number of benzene rings is 2. The van der Waals surface area contributed by atoms with Crippen molar-refractivity contribution in [1.82, 2.24) is 5.32 Å². The van der Waals surface area contributed by atoms with Gasteiger partial charge in [0.05, 0.1) is 4.88 Å². The van der Waals surface area contributed by atoms with Gasteiger partial charge in [0.25, 0.3) is 17.7 Å². The van der Waals surface area contributed by atoms with E-state index in [0.29, 0.717) is 27.4 Å². The van der Waals surface area contributed by atoms with Crippen LogP contribution in [0.25, 0.3) is 0 Å². The molecule has 1 heterocycles. The summed E-state index contributed by atoms with van der Waals surface area (Å²) in [5.41, 5.74) is 1.98. The van der Waals surface area contributed by atoms with E-state index in [-0.39, 0.29) is 23.8 Å². The lowest BCUT2D eigenvalue weighted by Gasteiger charge is -2.09. The molecule has 1 saturated carbocycles. The van der Waals surface area contributed by atoms with Crippen molar-refractivity contribution in [2.45, 2.75) is 18.9 Å². The molecular weight excluding hydrogens is 386 g/mol. The van der Waals surface area contributed by atoms with E-state index in [1.807, 2.05) is 11.4 Å². The van der Waals surface area contributed by atoms with Crippen LogP contribution in [0.1, 0.15) is 43.2 Å². The van der Waals surface area contributed by atoms with Crippen molar-refractivity contribution in [3.05, 3.63) is 82.0 Å². The summed E-state index contributed by atoms with van der Waals surface area (Å²) in [7, 11) is 0. The van der Waals surface area contributed by atoms with Crippen LogP contribution in [0.2, 0.25) is 0 Å². The molecule has 0 unspecified atom stereocenters. The molecule has 7 heteroatoms. The summed E-state index contributed by atoms with van der Waals surface area (Å²) in [5, 5.41) is 10.4. The third-order valence-electron chi connectivity index (χ3n) is 4.42. The van der Waals surface area contributed by atoms with Crippen molar-refractivity contribution in [1.29, 1.82) is 0 Å². The van der Waals surface area contributed by atoms with Gasteiger partial charge >= 0.3 is 0 Å². The molecule has 146 valence electrons. The predicted octanol–water partition coefficient (Wildman–Crippen LogP) is 4.14. The first kappa shape index (κ1) is 18.9. The molecule has 3 amide bonds. The standard InChI is InChI=1S/C22H19N3O3S/c26-20(23-16-9-10-16)14-4-1-6-17(12-14)24-21(27)15-5-2-7-18(13-15)25-22(28)19-8-3-11-29-19/h1-8,11-13,16H,9-10H2,(H,23,26)(H,24,27)(H,25,28). The average molecular weight is 405 g/mol. The normalized spacial score (nSPS) is 12.8. The molecule has 0 saturated heterocycles. The highest BCUT2D eigenvalue weighted by Gasteiger charge is 2.23. The Morgan fingerprint density at radius 2 is 1.38 bits per heavy atom. The van der Waals surface area contributed by atoms with Gasteiger partial charge in [0.2, 0.25) is 0 Å².